The number of hydrogen-bond donors (Lipinski definition) is 2. The Kier molecular flexibility index (Phi) is 5.15. The highest BCUT2D eigenvalue weighted by molar-refractivity contribution is 5.95. The molecule has 1 aliphatic rings. The first-order valence-electron chi connectivity index (χ1n) is 7.19. The van der Waals surface area contributed by atoms with Gasteiger partial charge in [0.25, 0.3) is 5.91 Å². The fourth-order valence-electron chi connectivity index (χ4n) is 2.44. The maximum Gasteiger partial charge on any atom is 0.275 e. The summed E-state index contributed by atoms with van der Waals surface area (Å²) in [4.78, 5) is 24.6. The number of nitrogens with zero attached hydrogens (tertiary/aromatic N) is 2. The second kappa shape index (κ2) is 6.89. The van der Waals surface area contributed by atoms with Gasteiger partial charge in [0, 0.05) is 37.5 Å². The minimum atomic E-state index is -0.389. The van der Waals surface area contributed by atoms with E-state index in [1.54, 1.807) is 16.8 Å². The van der Waals surface area contributed by atoms with E-state index in [9.17, 15) is 9.59 Å². The molecule has 0 aliphatic carbocycles. The lowest BCUT2D eigenvalue weighted by atomic mass is 10.0. The molecular formula is C15H19ClN4O2. The van der Waals surface area contributed by atoms with Gasteiger partial charge in [0.15, 0.2) is 5.69 Å². The summed E-state index contributed by atoms with van der Waals surface area (Å²) in [5, 5.41) is 10.7. The standard InChI is InChI=1S/C15H18N4O2.ClH/c1-2-19-12-6-4-3-5-11(12)14(20)13(18-19)15(21)17-9-10-7-16-8-10;/h3-6,10,16H,2,7-9H2,1H3,(H,17,21);1H. The zero-order valence-corrected chi connectivity index (χ0v) is 13.2. The van der Waals surface area contributed by atoms with Crippen LogP contribution in [0.3, 0.4) is 0 Å². The summed E-state index contributed by atoms with van der Waals surface area (Å²) in [6.45, 7) is 4.93. The summed E-state index contributed by atoms with van der Waals surface area (Å²) in [6, 6.07) is 7.23. The molecule has 0 unspecified atom stereocenters. The maximum atomic E-state index is 12.4. The Hall–Kier alpha value is -1.92. The molecule has 0 saturated carbocycles. The van der Waals surface area contributed by atoms with Gasteiger partial charge in [0.1, 0.15) is 0 Å². The Bertz CT molecular complexity index is 740. The van der Waals surface area contributed by atoms with Crippen molar-refractivity contribution in [2.24, 2.45) is 5.92 Å². The molecule has 1 saturated heterocycles. The molecule has 7 heteroatoms. The van der Waals surface area contributed by atoms with Crippen molar-refractivity contribution in [1.29, 1.82) is 0 Å². The van der Waals surface area contributed by atoms with E-state index in [1.165, 1.54) is 0 Å². The molecule has 22 heavy (non-hydrogen) atoms. The van der Waals surface area contributed by atoms with Crippen LogP contribution in [0.25, 0.3) is 10.9 Å². The van der Waals surface area contributed by atoms with Crippen LogP contribution in [-0.2, 0) is 6.54 Å². The van der Waals surface area contributed by atoms with Crippen molar-refractivity contribution in [3.63, 3.8) is 0 Å². The van der Waals surface area contributed by atoms with Crippen LogP contribution in [0.5, 0.6) is 0 Å². The van der Waals surface area contributed by atoms with Crippen LogP contribution in [0.2, 0.25) is 0 Å². The van der Waals surface area contributed by atoms with E-state index in [2.05, 4.69) is 15.7 Å². The van der Waals surface area contributed by atoms with Crippen LogP contribution >= 0.6 is 12.4 Å². The number of aromatic nitrogens is 2. The van der Waals surface area contributed by atoms with Crippen molar-refractivity contribution in [1.82, 2.24) is 20.4 Å². The Morgan fingerprint density at radius 1 is 1.41 bits per heavy atom. The van der Waals surface area contributed by atoms with E-state index >= 15 is 0 Å². The number of hydrogen-bond acceptors (Lipinski definition) is 4. The van der Waals surface area contributed by atoms with Gasteiger partial charge < -0.3 is 10.6 Å². The molecule has 0 spiro atoms. The van der Waals surface area contributed by atoms with Crippen molar-refractivity contribution >= 4 is 29.2 Å². The average molecular weight is 323 g/mol. The van der Waals surface area contributed by atoms with E-state index in [1.807, 2.05) is 19.1 Å². The predicted octanol–water partition coefficient (Wildman–Crippen LogP) is 0.787. The van der Waals surface area contributed by atoms with Gasteiger partial charge in [0.2, 0.25) is 5.43 Å². The van der Waals surface area contributed by atoms with E-state index in [0.29, 0.717) is 24.4 Å². The van der Waals surface area contributed by atoms with Crippen molar-refractivity contribution < 1.29 is 4.79 Å². The lowest BCUT2D eigenvalue weighted by molar-refractivity contribution is 0.0934. The molecule has 2 N–H and O–H groups in total. The molecule has 1 fully saturated rings. The molecule has 6 nitrogen and oxygen atoms in total. The molecular weight excluding hydrogens is 304 g/mol. The van der Waals surface area contributed by atoms with Crippen LogP contribution in [0.15, 0.2) is 29.1 Å². The third-order valence-electron chi connectivity index (χ3n) is 3.79. The van der Waals surface area contributed by atoms with Crippen molar-refractivity contribution in [3.8, 4) is 0 Å². The van der Waals surface area contributed by atoms with Gasteiger partial charge in [-0.05, 0) is 19.1 Å². The summed E-state index contributed by atoms with van der Waals surface area (Å²) in [5.74, 6) is 0.0580. The largest absolute Gasteiger partial charge is 0.350 e. The Labute approximate surface area is 134 Å². The summed E-state index contributed by atoms with van der Waals surface area (Å²) >= 11 is 0. The predicted molar refractivity (Wildman–Crippen MR) is 87.6 cm³/mol. The number of para-hydroxylation sites is 1. The van der Waals surface area contributed by atoms with Crippen molar-refractivity contribution in [3.05, 3.63) is 40.2 Å². The average Bonchev–Trinajstić information content (AvgIpc) is 2.46. The lowest BCUT2D eigenvalue weighted by Gasteiger charge is -2.26. The van der Waals surface area contributed by atoms with E-state index < -0.39 is 0 Å². The SMILES string of the molecule is CCn1nc(C(=O)NCC2CNC2)c(=O)c2ccccc21.Cl. The van der Waals surface area contributed by atoms with Gasteiger partial charge in [-0.1, -0.05) is 12.1 Å². The molecule has 0 atom stereocenters. The fourth-order valence-corrected chi connectivity index (χ4v) is 2.44. The third-order valence-corrected chi connectivity index (χ3v) is 3.79. The number of carbonyl (C=O) groups excluding carboxylic acids is 1. The van der Waals surface area contributed by atoms with Crippen LogP contribution < -0.4 is 16.1 Å². The van der Waals surface area contributed by atoms with Crippen molar-refractivity contribution in [2.45, 2.75) is 13.5 Å². The van der Waals surface area contributed by atoms with Gasteiger partial charge in [-0.25, -0.2) is 0 Å². The number of rotatable bonds is 4. The first-order valence-corrected chi connectivity index (χ1v) is 7.19. The molecule has 0 bridgehead atoms. The van der Waals surface area contributed by atoms with E-state index in [-0.39, 0.29) is 29.4 Å². The molecule has 1 amide bonds. The topological polar surface area (TPSA) is 76.0 Å². The van der Waals surface area contributed by atoms with Crippen LogP contribution in [0.4, 0.5) is 0 Å². The van der Waals surface area contributed by atoms with Crippen LogP contribution in [-0.4, -0.2) is 35.3 Å². The van der Waals surface area contributed by atoms with Gasteiger partial charge in [-0.15, -0.1) is 12.4 Å². The number of nitrogens with one attached hydrogen (secondary N) is 2. The van der Waals surface area contributed by atoms with Crippen LogP contribution in [0.1, 0.15) is 17.4 Å². The number of carbonyl (C=O) groups is 1. The van der Waals surface area contributed by atoms with Gasteiger partial charge in [0.05, 0.1) is 5.52 Å². The van der Waals surface area contributed by atoms with Crippen LogP contribution in [0, 0.1) is 5.92 Å². The summed E-state index contributed by atoms with van der Waals surface area (Å²) < 4.78 is 1.69. The lowest BCUT2D eigenvalue weighted by Crippen LogP contribution is -2.48. The zero-order valence-electron chi connectivity index (χ0n) is 12.3. The van der Waals surface area contributed by atoms with Gasteiger partial charge in [-0.3, -0.25) is 14.3 Å². The zero-order chi connectivity index (χ0) is 14.8. The Balaban J connectivity index is 0.00000176. The van der Waals surface area contributed by atoms with Crippen molar-refractivity contribution in [2.75, 3.05) is 19.6 Å². The number of amides is 1. The minimum absolute atomic E-state index is 0. The second-order valence-electron chi connectivity index (χ2n) is 5.24. The Morgan fingerprint density at radius 3 is 2.77 bits per heavy atom. The molecule has 0 radical (unpaired) electrons. The molecule has 118 valence electrons. The maximum absolute atomic E-state index is 12.4. The van der Waals surface area contributed by atoms with Gasteiger partial charge in [-0.2, -0.15) is 5.10 Å². The summed E-state index contributed by atoms with van der Waals surface area (Å²) in [6.07, 6.45) is 0. The quantitative estimate of drug-likeness (QED) is 0.872. The number of fused-ring (bicyclic) bond motifs is 1. The number of halogens is 1. The highest BCUT2D eigenvalue weighted by atomic mass is 35.5. The smallest absolute Gasteiger partial charge is 0.275 e. The second-order valence-corrected chi connectivity index (χ2v) is 5.24. The number of aryl methyl sites for hydroxylation is 1. The summed E-state index contributed by atoms with van der Waals surface area (Å²) in [5.41, 5.74) is 0.423. The number of benzene rings is 1. The molecule has 1 aliphatic heterocycles. The third kappa shape index (κ3) is 2.98. The molecule has 1 aromatic carbocycles. The highest BCUT2D eigenvalue weighted by Crippen LogP contribution is 2.09. The van der Waals surface area contributed by atoms with Gasteiger partial charge >= 0.3 is 0 Å². The summed E-state index contributed by atoms with van der Waals surface area (Å²) in [7, 11) is 0. The van der Waals surface area contributed by atoms with E-state index in [0.717, 1.165) is 18.6 Å². The molecule has 3 rings (SSSR count). The highest BCUT2D eigenvalue weighted by Gasteiger charge is 2.20. The molecule has 1 aromatic heterocycles. The minimum Gasteiger partial charge on any atom is -0.350 e. The normalized spacial score (nSPS) is 14.2. The molecule has 2 aromatic rings. The molecule has 2 heterocycles. The Morgan fingerprint density at radius 2 is 2.14 bits per heavy atom. The van der Waals surface area contributed by atoms with E-state index in [4.69, 9.17) is 0 Å². The monoisotopic (exact) mass is 322 g/mol. The first kappa shape index (κ1) is 16.5. The first-order chi connectivity index (χ1) is 10.2. The fraction of sp³-hybridized carbons (Fsp3) is 0.400.